The fourth-order valence-electron chi connectivity index (χ4n) is 1.01. The van der Waals surface area contributed by atoms with Gasteiger partial charge in [-0.05, 0) is 24.2 Å². The van der Waals surface area contributed by atoms with Crippen molar-refractivity contribution in [3.63, 3.8) is 0 Å². The third-order valence-electron chi connectivity index (χ3n) is 1.63. The second kappa shape index (κ2) is 8.11. The summed E-state index contributed by atoms with van der Waals surface area (Å²) in [5.74, 6) is 0.777. The van der Waals surface area contributed by atoms with Gasteiger partial charge in [-0.2, -0.15) is 0 Å². The lowest BCUT2D eigenvalue weighted by molar-refractivity contribution is 0.566. The average Bonchev–Trinajstić information content (AvgIpc) is 2.04. The van der Waals surface area contributed by atoms with Crippen LogP contribution in [0.4, 0.5) is 0 Å². The average molecular weight is 197 g/mol. The molecule has 0 aliphatic carbocycles. The summed E-state index contributed by atoms with van der Waals surface area (Å²) in [7, 11) is 0. The Hall–Kier alpha value is -0.500. The molecular weight excluding hydrogens is 178 g/mol. The molecule has 74 valence electrons. The Morgan fingerprint density at radius 1 is 1.46 bits per heavy atom. The highest BCUT2D eigenvalue weighted by Crippen LogP contribution is 2.14. The lowest BCUT2D eigenvalue weighted by Crippen LogP contribution is -1.93. The Morgan fingerprint density at radius 3 is 2.62 bits per heavy atom. The molecule has 0 heterocycles. The number of hydrogen-bond acceptors (Lipinski definition) is 2. The predicted molar refractivity (Wildman–Crippen MR) is 64.1 cm³/mol. The molecule has 0 amide bonds. The standard InChI is InChI=1S/C11H19NS/c1-5-12-11(13-6-2)9-7-8-10(3)4/h5-6,10H,1-2,7-9H2,3-4H3. The highest BCUT2D eigenvalue weighted by molar-refractivity contribution is 8.16. The quantitative estimate of drug-likeness (QED) is 0.458. The predicted octanol–water partition coefficient (Wildman–Crippen LogP) is 4.23. The molecule has 13 heavy (non-hydrogen) atoms. The highest BCUT2D eigenvalue weighted by atomic mass is 32.2. The molecule has 0 radical (unpaired) electrons. The van der Waals surface area contributed by atoms with Gasteiger partial charge in [0.05, 0.1) is 5.04 Å². The van der Waals surface area contributed by atoms with Crippen molar-refractivity contribution in [1.82, 2.24) is 0 Å². The van der Waals surface area contributed by atoms with Crippen LogP contribution in [0.5, 0.6) is 0 Å². The Balaban J connectivity index is 3.75. The van der Waals surface area contributed by atoms with Crippen LogP contribution in [0.1, 0.15) is 33.1 Å². The second-order valence-corrected chi connectivity index (χ2v) is 4.32. The largest absolute Gasteiger partial charge is 0.255 e. The zero-order valence-corrected chi connectivity index (χ0v) is 9.44. The Labute approximate surface area is 86.0 Å². The summed E-state index contributed by atoms with van der Waals surface area (Å²) in [5, 5.41) is 2.93. The molecule has 0 aliphatic rings. The van der Waals surface area contributed by atoms with Crippen LogP contribution in [-0.2, 0) is 0 Å². The molecule has 2 heteroatoms. The van der Waals surface area contributed by atoms with Crippen LogP contribution in [0.3, 0.4) is 0 Å². The Morgan fingerprint density at radius 2 is 2.15 bits per heavy atom. The lowest BCUT2D eigenvalue weighted by atomic mass is 10.1. The van der Waals surface area contributed by atoms with Gasteiger partial charge in [-0.1, -0.05) is 45.2 Å². The zero-order chi connectivity index (χ0) is 10.1. The minimum Gasteiger partial charge on any atom is -0.255 e. The molecule has 0 aliphatic heterocycles. The van der Waals surface area contributed by atoms with E-state index in [9.17, 15) is 0 Å². The van der Waals surface area contributed by atoms with Gasteiger partial charge in [0.15, 0.2) is 0 Å². The molecule has 0 atom stereocenters. The summed E-state index contributed by atoms with van der Waals surface area (Å²) in [6.07, 6.45) is 5.10. The van der Waals surface area contributed by atoms with Crippen molar-refractivity contribution in [1.29, 1.82) is 0 Å². The Bertz CT molecular complexity index is 183. The third kappa shape index (κ3) is 7.85. The van der Waals surface area contributed by atoms with E-state index in [1.165, 1.54) is 12.8 Å². The van der Waals surface area contributed by atoms with E-state index in [2.05, 4.69) is 32.0 Å². The number of hydrogen-bond donors (Lipinski definition) is 0. The minimum atomic E-state index is 0.777. The van der Waals surface area contributed by atoms with Crippen molar-refractivity contribution in [2.75, 3.05) is 0 Å². The van der Waals surface area contributed by atoms with Crippen LogP contribution in [0.2, 0.25) is 0 Å². The van der Waals surface area contributed by atoms with E-state index in [0.717, 1.165) is 17.4 Å². The number of thioether (sulfide) groups is 1. The highest BCUT2D eigenvalue weighted by Gasteiger charge is 1.99. The third-order valence-corrected chi connectivity index (χ3v) is 2.38. The van der Waals surface area contributed by atoms with Gasteiger partial charge in [0.2, 0.25) is 0 Å². The molecule has 0 aromatic carbocycles. The summed E-state index contributed by atoms with van der Waals surface area (Å²) in [4.78, 5) is 4.18. The normalized spacial score (nSPS) is 11.8. The number of nitrogens with zero attached hydrogens (tertiary/aromatic N) is 1. The van der Waals surface area contributed by atoms with Crippen LogP contribution < -0.4 is 0 Å². The van der Waals surface area contributed by atoms with E-state index in [1.54, 1.807) is 18.0 Å². The van der Waals surface area contributed by atoms with Crippen molar-refractivity contribution < 1.29 is 0 Å². The first-order chi connectivity index (χ1) is 6.20. The number of rotatable bonds is 6. The van der Waals surface area contributed by atoms with Crippen molar-refractivity contribution in [2.45, 2.75) is 33.1 Å². The maximum absolute atomic E-state index is 4.18. The van der Waals surface area contributed by atoms with Gasteiger partial charge in [0.1, 0.15) is 0 Å². The summed E-state index contributed by atoms with van der Waals surface area (Å²) >= 11 is 1.60. The maximum atomic E-state index is 4.18. The monoisotopic (exact) mass is 197 g/mol. The first-order valence-electron chi connectivity index (χ1n) is 4.65. The van der Waals surface area contributed by atoms with Gasteiger partial charge in [0.25, 0.3) is 0 Å². The van der Waals surface area contributed by atoms with E-state index in [-0.39, 0.29) is 0 Å². The fourth-order valence-corrected chi connectivity index (χ4v) is 1.60. The van der Waals surface area contributed by atoms with Crippen molar-refractivity contribution in [2.24, 2.45) is 10.9 Å². The van der Waals surface area contributed by atoms with Gasteiger partial charge < -0.3 is 0 Å². The molecule has 1 nitrogen and oxygen atoms in total. The maximum Gasteiger partial charge on any atom is 0.0772 e. The molecule has 0 aromatic heterocycles. The molecule has 0 fully saturated rings. The van der Waals surface area contributed by atoms with Gasteiger partial charge >= 0.3 is 0 Å². The minimum absolute atomic E-state index is 0.777. The molecule has 0 spiro atoms. The molecule has 0 saturated carbocycles. The van der Waals surface area contributed by atoms with E-state index >= 15 is 0 Å². The van der Waals surface area contributed by atoms with Crippen molar-refractivity contribution in [3.05, 3.63) is 24.8 Å². The van der Waals surface area contributed by atoms with E-state index in [4.69, 9.17) is 0 Å². The zero-order valence-electron chi connectivity index (χ0n) is 8.62. The summed E-state index contributed by atoms with van der Waals surface area (Å²) < 4.78 is 0. The van der Waals surface area contributed by atoms with Crippen molar-refractivity contribution >= 4 is 16.8 Å². The van der Waals surface area contributed by atoms with E-state index in [1.807, 2.05) is 5.41 Å². The van der Waals surface area contributed by atoms with Crippen molar-refractivity contribution in [3.8, 4) is 0 Å². The van der Waals surface area contributed by atoms with E-state index in [0.29, 0.717) is 0 Å². The van der Waals surface area contributed by atoms with Crippen LogP contribution in [-0.4, -0.2) is 5.04 Å². The molecule has 0 unspecified atom stereocenters. The molecule has 0 N–H and O–H groups in total. The van der Waals surface area contributed by atoms with Crippen LogP contribution >= 0.6 is 11.8 Å². The first-order valence-corrected chi connectivity index (χ1v) is 5.53. The molecular formula is C11H19NS. The molecule has 0 saturated heterocycles. The molecule has 0 bridgehead atoms. The second-order valence-electron chi connectivity index (χ2n) is 3.28. The summed E-state index contributed by atoms with van der Waals surface area (Å²) in [6.45, 7) is 11.7. The molecule has 0 aromatic rings. The van der Waals surface area contributed by atoms with Gasteiger partial charge in [-0.3, -0.25) is 4.99 Å². The lowest BCUT2D eigenvalue weighted by Gasteiger charge is -2.04. The van der Waals surface area contributed by atoms with Gasteiger partial charge in [-0.15, -0.1) is 0 Å². The van der Waals surface area contributed by atoms with Crippen LogP contribution in [0.25, 0.3) is 0 Å². The van der Waals surface area contributed by atoms with Gasteiger partial charge in [0, 0.05) is 6.20 Å². The summed E-state index contributed by atoms with van der Waals surface area (Å²) in [6, 6.07) is 0. The smallest absolute Gasteiger partial charge is 0.0772 e. The van der Waals surface area contributed by atoms with Gasteiger partial charge in [-0.25, -0.2) is 0 Å². The number of aliphatic imine (C=N–C) groups is 1. The Kier molecular flexibility index (Phi) is 7.80. The SMILES string of the molecule is C=CN=C(CCCC(C)C)SC=C. The van der Waals surface area contributed by atoms with Crippen LogP contribution in [0.15, 0.2) is 29.8 Å². The molecule has 0 rings (SSSR count). The topological polar surface area (TPSA) is 12.4 Å². The first kappa shape index (κ1) is 12.5. The van der Waals surface area contributed by atoms with Crippen LogP contribution in [0, 0.1) is 5.92 Å². The van der Waals surface area contributed by atoms with E-state index < -0.39 is 0 Å². The fraction of sp³-hybridized carbons (Fsp3) is 0.545. The summed E-state index contributed by atoms with van der Waals surface area (Å²) in [5.41, 5.74) is 0.